The number of Topliss-reactive ketones (excluding diaryl/α,β-unsaturated/α-hetero) is 1. The Morgan fingerprint density at radius 2 is 1.29 bits per heavy atom. The number of rotatable bonds is 13. The number of ether oxygens (including phenoxy) is 2. The summed E-state index contributed by atoms with van der Waals surface area (Å²) in [5, 5.41) is 10.7. The molecule has 0 spiro atoms. The maximum Gasteiger partial charge on any atom is 0.313 e. The summed E-state index contributed by atoms with van der Waals surface area (Å²) in [5.41, 5.74) is 1.74. The van der Waals surface area contributed by atoms with E-state index < -0.39 is 17.7 Å². The van der Waals surface area contributed by atoms with Gasteiger partial charge in [-0.3, -0.25) is 9.59 Å². The molecule has 34 heavy (non-hydrogen) atoms. The van der Waals surface area contributed by atoms with Crippen LogP contribution in [0.2, 0.25) is 0 Å². The predicted molar refractivity (Wildman–Crippen MR) is 131 cm³/mol. The third-order valence-electron chi connectivity index (χ3n) is 5.60. The Bertz CT molecular complexity index is 921. The Labute approximate surface area is 201 Å². The van der Waals surface area contributed by atoms with Crippen LogP contribution in [0.1, 0.15) is 49.3 Å². The highest BCUT2D eigenvalue weighted by molar-refractivity contribution is 5.95. The highest BCUT2D eigenvalue weighted by Crippen LogP contribution is 2.40. The van der Waals surface area contributed by atoms with E-state index in [9.17, 15) is 14.7 Å². The highest BCUT2D eigenvalue weighted by atomic mass is 16.5. The number of hydrogen-bond acceptors (Lipinski definition) is 5. The third-order valence-corrected chi connectivity index (χ3v) is 5.60. The van der Waals surface area contributed by atoms with E-state index in [1.165, 1.54) is 0 Å². The van der Waals surface area contributed by atoms with Gasteiger partial charge >= 0.3 is 5.97 Å². The molecule has 1 atom stereocenters. The van der Waals surface area contributed by atoms with Crippen molar-refractivity contribution in [3.63, 3.8) is 0 Å². The molecule has 0 fully saturated rings. The van der Waals surface area contributed by atoms with Crippen LogP contribution >= 0.6 is 0 Å². The molecule has 0 saturated carbocycles. The first-order chi connectivity index (χ1) is 16.6. The molecule has 0 aliphatic rings. The summed E-state index contributed by atoms with van der Waals surface area (Å²) in [4.78, 5) is 24.1. The minimum atomic E-state index is -1.06. The highest BCUT2D eigenvalue weighted by Gasteiger charge is 2.38. The average Bonchev–Trinajstić information content (AvgIpc) is 2.86. The molecule has 1 N–H and O–H groups in total. The zero-order chi connectivity index (χ0) is 24.2. The minimum absolute atomic E-state index is 0.0880. The Kier molecular flexibility index (Phi) is 9.56. The number of ketones is 1. The molecule has 3 rings (SSSR count). The normalized spacial score (nSPS) is 12.2. The van der Waals surface area contributed by atoms with Crippen molar-refractivity contribution >= 4 is 11.8 Å². The Morgan fingerprint density at radius 3 is 1.74 bits per heavy atom. The van der Waals surface area contributed by atoms with Gasteiger partial charge in [-0.25, -0.2) is 0 Å². The number of carbonyl (C=O) groups is 2. The van der Waals surface area contributed by atoms with Crippen LogP contribution in [-0.2, 0) is 24.7 Å². The van der Waals surface area contributed by atoms with E-state index in [4.69, 9.17) is 9.47 Å². The summed E-state index contributed by atoms with van der Waals surface area (Å²) in [6.07, 6.45) is 0.0749. The van der Waals surface area contributed by atoms with Gasteiger partial charge in [0.1, 0.15) is 17.8 Å². The standard InChI is InChI=1S/C29H32O5/c1-2-3-19-33-28(32)21-26(30)20-27(31)22-34-29(23-13-7-4-8-14-23,24-15-9-5-10-16-24)25-17-11-6-12-18-25/h4-18,27,31H,2-3,19-22H2,1H3. The second kappa shape index (κ2) is 12.8. The lowest BCUT2D eigenvalue weighted by Crippen LogP contribution is -2.36. The van der Waals surface area contributed by atoms with E-state index in [2.05, 4.69) is 0 Å². The van der Waals surface area contributed by atoms with Gasteiger partial charge in [0.25, 0.3) is 0 Å². The van der Waals surface area contributed by atoms with Gasteiger partial charge in [0.2, 0.25) is 0 Å². The SMILES string of the molecule is CCCCOC(=O)CC(=O)CC(O)COC(c1ccccc1)(c1ccccc1)c1ccccc1. The van der Waals surface area contributed by atoms with Crippen molar-refractivity contribution in [2.75, 3.05) is 13.2 Å². The largest absolute Gasteiger partial charge is 0.465 e. The first kappa shape index (κ1) is 25.3. The number of aliphatic hydroxyl groups is 1. The number of benzene rings is 3. The first-order valence-electron chi connectivity index (χ1n) is 11.7. The van der Waals surface area contributed by atoms with Crippen LogP contribution in [0.3, 0.4) is 0 Å². The van der Waals surface area contributed by atoms with Crippen molar-refractivity contribution in [3.05, 3.63) is 108 Å². The van der Waals surface area contributed by atoms with E-state index >= 15 is 0 Å². The van der Waals surface area contributed by atoms with Crippen molar-refractivity contribution in [1.82, 2.24) is 0 Å². The van der Waals surface area contributed by atoms with E-state index in [0.29, 0.717) is 6.61 Å². The van der Waals surface area contributed by atoms with Crippen LogP contribution in [0.4, 0.5) is 0 Å². The molecule has 3 aromatic carbocycles. The molecule has 0 saturated heterocycles. The Hall–Kier alpha value is -3.28. The lowest BCUT2D eigenvalue weighted by molar-refractivity contribution is -0.146. The summed E-state index contributed by atoms with van der Waals surface area (Å²) in [7, 11) is 0. The molecule has 0 aliphatic carbocycles. The number of esters is 1. The molecular formula is C29H32O5. The van der Waals surface area contributed by atoms with Crippen molar-refractivity contribution in [2.45, 2.75) is 44.3 Å². The van der Waals surface area contributed by atoms with Crippen LogP contribution in [0.25, 0.3) is 0 Å². The summed E-state index contributed by atoms with van der Waals surface area (Å²) >= 11 is 0. The smallest absolute Gasteiger partial charge is 0.313 e. The fourth-order valence-electron chi connectivity index (χ4n) is 3.93. The maximum atomic E-state index is 12.3. The molecule has 3 aromatic rings. The summed E-state index contributed by atoms with van der Waals surface area (Å²) < 4.78 is 11.6. The van der Waals surface area contributed by atoms with E-state index in [-0.39, 0.29) is 25.2 Å². The lowest BCUT2D eigenvalue weighted by Gasteiger charge is -2.36. The van der Waals surface area contributed by atoms with Crippen molar-refractivity contribution in [1.29, 1.82) is 0 Å². The third kappa shape index (κ3) is 6.62. The van der Waals surface area contributed by atoms with Gasteiger partial charge in [-0.05, 0) is 23.1 Å². The second-order valence-corrected chi connectivity index (χ2v) is 8.24. The van der Waals surface area contributed by atoms with E-state index in [1.807, 2.05) is 97.9 Å². The maximum absolute atomic E-state index is 12.3. The minimum Gasteiger partial charge on any atom is -0.465 e. The lowest BCUT2D eigenvalue weighted by atomic mass is 9.80. The second-order valence-electron chi connectivity index (χ2n) is 8.24. The molecule has 178 valence electrons. The Balaban J connectivity index is 1.80. The van der Waals surface area contributed by atoms with Gasteiger partial charge in [-0.15, -0.1) is 0 Å². The van der Waals surface area contributed by atoms with Crippen LogP contribution in [0.15, 0.2) is 91.0 Å². The quantitative estimate of drug-likeness (QED) is 0.167. The van der Waals surface area contributed by atoms with Gasteiger partial charge in [-0.2, -0.15) is 0 Å². The van der Waals surface area contributed by atoms with Gasteiger partial charge in [0.15, 0.2) is 0 Å². The molecule has 0 bridgehead atoms. The zero-order valence-electron chi connectivity index (χ0n) is 19.6. The molecule has 0 aromatic heterocycles. The van der Waals surface area contributed by atoms with Crippen LogP contribution in [0.5, 0.6) is 0 Å². The average molecular weight is 461 g/mol. The monoisotopic (exact) mass is 460 g/mol. The molecular weight excluding hydrogens is 428 g/mol. The van der Waals surface area contributed by atoms with Crippen LogP contribution < -0.4 is 0 Å². The summed E-state index contributed by atoms with van der Waals surface area (Å²) in [5.74, 6) is -0.930. The zero-order valence-corrected chi connectivity index (χ0v) is 19.6. The fourth-order valence-corrected chi connectivity index (χ4v) is 3.93. The molecule has 1 unspecified atom stereocenters. The predicted octanol–water partition coefficient (Wildman–Crippen LogP) is 5.05. The molecule has 5 nitrogen and oxygen atoms in total. The van der Waals surface area contributed by atoms with Crippen molar-refractivity contribution in [3.8, 4) is 0 Å². The van der Waals surface area contributed by atoms with Gasteiger partial charge in [-0.1, -0.05) is 104 Å². The molecule has 0 radical (unpaired) electrons. The van der Waals surface area contributed by atoms with E-state index in [1.54, 1.807) is 0 Å². The van der Waals surface area contributed by atoms with Gasteiger partial charge in [0.05, 0.1) is 19.3 Å². The van der Waals surface area contributed by atoms with E-state index in [0.717, 1.165) is 29.5 Å². The number of aliphatic hydroxyl groups excluding tert-OH is 1. The van der Waals surface area contributed by atoms with Crippen LogP contribution in [-0.4, -0.2) is 36.2 Å². The molecule has 5 heteroatoms. The summed E-state index contributed by atoms with van der Waals surface area (Å²) in [6.45, 7) is 2.22. The topological polar surface area (TPSA) is 72.8 Å². The van der Waals surface area contributed by atoms with Gasteiger partial charge < -0.3 is 14.6 Å². The van der Waals surface area contributed by atoms with Crippen molar-refractivity contribution in [2.24, 2.45) is 0 Å². The van der Waals surface area contributed by atoms with Crippen LogP contribution in [0, 0.1) is 0 Å². The number of hydrogen-bond donors (Lipinski definition) is 1. The molecule has 0 aliphatic heterocycles. The van der Waals surface area contributed by atoms with Gasteiger partial charge in [0, 0.05) is 6.42 Å². The number of carbonyl (C=O) groups excluding carboxylic acids is 2. The molecule has 0 heterocycles. The Morgan fingerprint density at radius 1 is 0.824 bits per heavy atom. The first-order valence-corrected chi connectivity index (χ1v) is 11.7. The summed E-state index contributed by atoms with van der Waals surface area (Å²) in [6, 6.07) is 29.5. The molecule has 0 amide bonds. The van der Waals surface area contributed by atoms with Crippen molar-refractivity contribution < 1.29 is 24.2 Å². The number of unbranched alkanes of at least 4 members (excludes halogenated alkanes) is 1. The fraction of sp³-hybridized carbons (Fsp3) is 0.310.